The first-order valence-electron chi connectivity index (χ1n) is 5.63. The Morgan fingerprint density at radius 3 is 2.37 bits per heavy atom. The number of phenolic OH excluding ortho intramolecular Hbond substituents is 1. The second-order valence-corrected chi connectivity index (χ2v) is 4.97. The van der Waals surface area contributed by atoms with E-state index in [9.17, 15) is 13.9 Å². The lowest BCUT2D eigenvalue weighted by molar-refractivity contribution is 0.406. The Morgan fingerprint density at radius 1 is 1.21 bits per heavy atom. The van der Waals surface area contributed by atoms with E-state index in [1.54, 1.807) is 19.1 Å². The van der Waals surface area contributed by atoms with Gasteiger partial charge in [0.25, 0.3) is 0 Å². The van der Waals surface area contributed by atoms with Gasteiger partial charge in [0.1, 0.15) is 16.4 Å². The smallest absolute Gasteiger partial charge is 0.191 e. The summed E-state index contributed by atoms with van der Waals surface area (Å²) in [5.41, 5.74) is 1.87. The average molecular weight is 278 g/mol. The van der Waals surface area contributed by atoms with E-state index in [1.807, 2.05) is 18.2 Å². The number of hydrogen-bond acceptors (Lipinski definition) is 3. The van der Waals surface area contributed by atoms with Crippen LogP contribution in [0.5, 0.6) is 11.5 Å². The number of aryl methyl sites for hydroxylation is 1. The van der Waals surface area contributed by atoms with E-state index in [-0.39, 0.29) is 10.6 Å². The van der Waals surface area contributed by atoms with Gasteiger partial charge >= 0.3 is 0 Å². The van der Waals surface area contributed by atoms with Gasteiger partial charge in [-0.25, -0.2) is 4.21 Å². The van der Waals surface area contributed by atoms with Crippen molar-refractivity contribution in [2.24, 2.45) is 0 Å². The second kappa shape index (κ2) is 5.42. The maximum atomic E-state index is 11.5. The highest BCUT2D eigenvalue weighted by Crippen LogP contribution is 2.42. The highest BCUT2D eigenvalue weighted by molar-refractivity contribution is 7.79. The summed E-state index contributed by atoms with van der Waals surface area (Å²) in [5.74, 6) is 0.277. The average Bonchev–Trinajstić information content (AvgIpc) is 2.38. The van der Waals surface area contributed by atoms with Gasteiger partial charge in [-0.15, -0.1) is 0 Å². The highest BCUT2D eigenvalue weighted by Gasteiger charge is 2.21. The van der Waals surface area contributed by atoms with Crippen LogP contribution in [-0.4, -0.2) is 21.0 Å². The summed E-state index contributed by atoms with van der Waals surface area (Å²) in [5, 5.41) is 9.92. The summed E-state index contributed by atoms with van der Waals surface area (Å²) in [6, 6.07) is 10.5. The van der Waals surface area contributed by atoms with Crippen LogP contribution in [0.4, 0.5) is 0 Å². The van der Waals surface area contributed by atoms with Crippen molar-refractivity contribution in [2.45, 2.75) is 11.8 Å². The quantitative estimate of drug-likeness (QED) is 0.847. The summed E-state index contributed by atoms with van der Waals surface area (Å²) in [4.78, 5) is -0.0337. The van der Waals surface area contributed by atoms with Crippen molar-refractivity contribution in [3.05, 3.63) is 42.0 Å². The lowest BCUT2D eigenvalue weighted by Gasteiger charge is -2.16. The summed E-state index contributed by atoms with van der Waals surface area (Å²) in [6.45, 7) is 1.77. The first-order valence-corrected chi connectivity index (χ1v) is 6.73. The van der Waals surface area contributed by atoms with Crippen LogP contribution in [0.3, 0.4) is 0 Å². The van der Waals surface area contributed by atoms with Crippen molar-refractivity contribution in [3.63, 3.8) is 0 Å². The summed E-state index contributed by atoms with van der Waals surface area (Å²) < 4.78 is 26.2. The van der Waals surface area contributed by atoms with Gasteiger partial charge in [-0.2, -0.15) is 0 Å². The molecule has 2 rings (SSSR count). The minimum absolute atomic E-state index is 0.0337. The van der Waals surface area contributed by atoms with Gasteiger partial charge in [-0.1, -0.05) is 30.3 Å². The summed E-state index contributed by atoms with van der Waals surface area (Å²) >= 11 is -2.30. The van der Waals surface area contributed by atoms with Crippen LogP contribution in [0, 0.1) is 6.92 Å². The van der Waals surface area contributed by atoms with Crippen LogP contribution in [0.15, 0.2) is 41.3 Å². The molecule has 0 fully saturated rings. The second-order valence-electron chi connectivity index (χ2n) is 4.07. The van der Waals surface area contributed by atoms with Gasteiger partial charge in [0.05, 0.1) is 7.11 Å². The van der Waals surface area contributed by atoms with Crippen molar-refractivity contribution in [1.82, 2.24) is 0 Å². The lowest BCUT2D eigenvalue weighted by atomic mass is 10.0. The standard InChI is InChI=1S/C14H14O4S/c1-9-8-11(15)14(19(16)17)12(13(9)18-2)10-6-4-3-5-7-10/h3-8,15H,1-2H3,(H,16,17). The Balaban J connectivity index is 2.86. The molecule has 2 aromatic carbocycles. The maximum absolute atomic E-state index is 11.5. The Kier molecular flexibility index (Phi) is 3.87. The number of methoxy groups -OCH3 is 1. The van der Waals surface area contributed by atoms with Crippen molar-refractivity contribution in [2.75, 3.05) is 7.11 Å². The molecule has 0 saturated heterocycles. The fourth-order valence-corrected chi connectivity index (χ4v) is 2.69. The zero-order valence-corrected chi connectivity index (χ0v) is 11.4. The van der Waals surface area contributed by atoms with Crippen LogP contribution in [0.2, 0.25) is 0 Å². The summed E-state index contributed by atoms with van der Waals surface area (Å²) in [7, 11) is 1.50. The molecule has 0 aliphatic rings. The fraction of sp³-hybridized carbons (Fsp3) is 0.143. The molecule has 0 aliphatic carbocycles. The molecule has 0 aliphatic heterocycles. The van der Waals surface area contributed by atoms with Gasteiger partial charge in [0.2, 0.25) is 0 Å². The van der Waals surface area contributed by atoms with Gasteiger partial charge in [0, 0.05) is 5.56 Å². The molecule has 4 nitrogen and oxygen atoms in total. The number of hydrogen-bond donors (Lipinski definition) is 2. The molecule has 0 amide bonds. The van der Waals surface area contributed by atoms with Crippen molar-refractivity contribution < 1.29 is 18.6 Å². The molecule has 19 heavy (non-hydrogen) atoms. The molecule has 0 aromatic heterocycles. The topological polar surface area (TPSA) is 66.8 Å². The molecule has 0 saturated carbocycles. The largest absolute Gasteiger partial charge is 0.507 e. The van der Waals surface area contributed by atoms with Crippen molar-refractivity contribution in [3.8, 4) is 22.6 Å². The van der Waals surface area contributed by atoms with Crippen LogP contribution in [0.1, 0.15) is 5.56 Å². The number of rotatable bonds is 3. The van der Waals surface area contributed by atoms with E-state index in [1.165, 1.54) is 13.2 Å². The predicted molar refractivity (Wildman–Crippen MR) is 73.9 cm³/mol. The lowest BCUT2D eigenvalue weighted by Crippen LogP contribution is -1.99. The summed E-state index contributed by atoms with van der Waals surface area (Å²) in [6.07, 6.45) is 0. The Hall–Kier alpha value is -1.85. The molecule has 2 aromatic rings. The zero-order valence-electron chi connectivity index (χ0n) is 10.6. The van der Waals surface area contributed by atoms with Crippen LogP contribution in [-0.2, 0) is 11.1 Å². The number of benzene rings is 2. The minimum Gasteiger partial charge on any atom is -0.507 e. The SMILES string of the molecule is COc1c(C)cc(O)c(S(=O)O)c1-c1ccccc1. The maximum Gasteiger partial charge on any atom is 0.191 e. The van der Waals surface area contributed by atoms with E-state index in [4.69, 9.17) is 4.74 Å². The third-order valence-corrected chi connectivity index (χ3v) is 3.60. The molecule has 1 atom stereocenters. The van der Waals surface area contributed by atoms with E-state index >= 15 is 0 Å². The van der Waals surface area contributed by atoms with E-state index < -0.39 is 11.1 Å². The van der Waals surface area contributed by atoms with Gasteiger partial charge in [-0.3, -0.25) is 0 Å². The molecule has 5 heteroatoms. The number of aromatic hydroxyl groups is 1. The first kappa shape index (κ1) is 13.6. The molecular weight excluding hydrogens is 264 g/mol. The van der Waals surface area contributed by atoms with Crippen LogP contribution >= 0.6 is 0 Å². The zero-order chi connectivity index (χ0) is 14.0. The third kappa shape index (κ3) is 2.47. The van der Waals surface area contributed by atoms with Gasteiger partial charge in [0.15, 0.2) is 11.1 Å². The van der Waals surface area contributed by atoms with Crippen molar-refractivity contribution >= 4 is 11.1 Å². The molecule has 2 N–H and O–H groups in total. The Morgan fingerprint density at radius 2 is 1.84 bits per heavy atom. The van der Waals surface area contributed by atoms with Gasteiger partial charge < -0.3 is 14.4 Å². The van der Waals surface area contributed by atoms with E-state index in [0.29, 0.717) is 16.9 Å². The molecule has 0 radical (unpaired) electrons. The third-order valence-electron chi connectivity index (χ3n) is 2.84. The van der Waals surface area contributed by atoms with E-state index in [0.717, 1.165) is 5.56 Å². The highest BCUT2D eigenvalue weighted by atomic mass is 32.2. The minimum atomic E-state index is -2.30. The fourth-order valence-electron chi connectivity index (χ4n) is 2.07. The molecule has 0 heterocycles. The van der Waals surface area contributed by atoms with Crippen molar-refractivity contribution in [1.29, 1.82) is 0 Å². The van der Waals surface area contributed by atoms with Crippen LogP contribution < -0.4 is 4.74 Å². The van der Waals surface area contributed by atoms with Gasteiger partial charge in [-0.05, 0) is 24.1 Å². The normalized spacial score (nSPS) is 12.2. The van der Waals surface area contributed by atoms with Crippen LogP contribution in [0.25, 0.3) is 11.1 Å². The number of phenols is 1. The monoisotopic (exact) mass is 278 g/mol. The predicted octanol–water partition coefficient (Wildman–Crippen LogP) is 2.96. The Labute approximate surface area is 114 Å². The molecule has 0 spiro atoms. The molecule has 0 bridgehead atoms. The molecule has 100 valence electrons. The molecular formula is C14H14O4S. The number of ether oxygens (including phenoxy) is 1. The first-order chi connectivity index (χ1) is 9.06. The Bertz CT molecular complexity index is 623. The van der Waals surface area contributed by atoms with E-state index in [2.05, 4.69) is 0 Å². The molecule has 1 unspecified atom stereocenters.